The summed E-state index contributed by atoms with van der Waals surface area (Å²) in [4.78, 5) is -0.234. The first-order chi connectivity index (χ1) is 9.09. The number of rotatable bonds is 2. The maximum atomic E-state index is 12.4. The number of nitrogen functional groups attached to an aromatic ring is 1. The standard InChI is InChI=1S/C10H9F3N4O2S/c11-10(12,13)9-3-4-17(16-9)8-2-1-6(5-7(8)14)20(15,18)19/h1-5H,14H2,(H2,15,18,19). The number of halogens is 3. The van der Waals surface area contributed by atoms with E-state index < -0.39 is 21.9 Å². The van der Waals surface area contributed by atoms with E-state index in [0.29, 0.717) is 0 Å². The number of nitrogens with two attached hydrogens (primary N) is 2. The van der Waals surface area contributed by atoms with Crippen LogP contribution in [0.3, 0.4) is 0 Å². The lowest BCUT2D eigenvalue weighted by Crippen LogP contribution is -2.13. The third-order valence-corrected chi connectivity index (χ3v) is 3.36. The molecule has 0 atom stereocenters. The van der Waals surface area contributed by atoms with Gasteiger partial charge in [0, 0.05) is 6.20 Å². The molecule has 0 spiro atoms. The van der Waals surface area contributed by atoms with Gasteiger partial charge in [0.05, 0.1) is 16.3 Å². The summed E-state index contributed by atoms with van der Waals surface area (Å²) < 4.78 is 60.5. The quantitative estimate of drug-likeness (QED) is 0.811. The first kappa shape index (κ1) is 14.3. The molecule has 108 valence electrons. The van der Waals surface area contributed by atoms with Crippen molar-refractivity contribution in [1.29, 1.82) is 0 Å². The van der Waals surface area contributed by atoms with Crippen LogP contribution in [0.5, 0.6) is 0 Å². The Balaban J connectivity index is 2.47. The lowest BCUT2D eigenvalue weighted by Gasteiger charge is -2.07. The summed E-state index contributed by atoms with van der Waals surface area (Å²) in [6, 6.07) is 4.20. The molecule has 0 aliphatic heterocycles. The first-order valence-corrected chi connectivity index (χ1v) is 6.69. The average Bonchev–Trinajstić information content (AvgIpc) is 2.76. The number of hydrogen-bond acceptors (Lipinski definition) is 4. The van der Waals surface area contributed by atoms with Crippen molar-refractivity contribution in [3.05, 3.63) is 36.2 Å². The van der Waals surface area contributed by atoms with Crippen LogP contribution in [-0.4, -0.2) is 18.2 Å². The molecule has 0 aliphatic rings. The topological polar surface area (TPSA) is 104 Å². The van der Waals surface area contributed by atoms with Gasteiger partial charge in [0.2, 0.25) is 10.0 Å². The van der Waals surface area contributed by atoms with Crippen molar-refractivity contribution in [2.75, 3.05) is 5.73 Å². The van der Waals surface area contributed by atoms with Crippen LogP contribution in [-0.2, 0) is 16.2 Å². The lowest BCUT2D eigenvalue weighted by atomic mass is 10.3. The third-order valence-electron chi connectivity index (χ3n) is 2.45. The largest absolute Gasteiger partial charge is 0.435 e. The zero-order valence-corrected chi connectivity index (χ0v) is 10.6. The Labute approximate surface area is 111 Å². The monoisotopic (exact) mass is 306 g/mol. The van der Waals surface area contributed by atoms with Gasteiger partial charge in [-0.15, -0.1) is 0 Å². The second-order valence-electron chi connectivity index (χ2n) is 3.91. The fourth-order valence-corrected chi connectivity index (χ4v) is 2.08. The molecule has 10 heteroatoms. The van der Waals surface area contributed by atoms with Crippen LogP contribution in [0.1, 0.15) is 5.69 Å². The maximum Gasteiger partial charge on any atom is 0.435 e. The van der Waals surface area contributed by atoms with Gasteiger partial charge in [-0.05, 0) is 24.3 Å². The first-order valence-electron chi connectivity index (χ1n) is 5.14. The van der Waals surface area contributed by atoms with Crippen LogP contribution in [0.15, 0.2) is 35.4 Å². The molecule has 0 unspecified atom stereocenters. The van der Waals surface area contributed by atoms with Crippen LogP contribution in [0.25, 0.3) is 5.69 Å². The van der Waals surface area contributed by atoms with Gasteiger partial charge in [0.1, 0.15) is 0 Å². The van der Waals surface area contributed by atoms with Gasteiger partial charge >= 0.3 is 6.18 Å². The molecule has 0 aliphatic carbocycles. The van der Waals surface area contributed by atoms with Crippen LogP contribution in [0.2, 0.25) is 0 Å². The second-order valence-corrected chi connectivity index (χ2v) is 5.47. The molecular weight excluding hydrogens is 297 g/mol. The van der Waals surface area contributed by atoms with Crippen molar-refractivity contribution < 1.29 is 21.6 Å². The minimum Gasteiger partial charge on any atom is -0.397 e. The van der Waals surface area contributed by atoms with Crippen molar-refractivity contribution in [1.82, 2.24) is 9.78 Å². The molecule has 4 N–H and O–H groups in total. The molecule has 0 amide bonds. The molecule has 1 heterocycles. The van der Waals surface area contributed by atoms with Crippen molar-refractivity contribution in [2.24, 2.45) is 5.14 Å². The van der Waals surface area contributed by atoms with Gasteiger partial charge in [-0.25, -0.2) is 18.2 Å². The normalized spacial score (nSPS) is 12.6. The summed E-state index contributed by atoms with van der Waals surface area (Å²) in [7, 11) is -3.93. The molecule has 0 bridgehead atoms. The van der Waals surface area contributed by atoms with E-state index in [1.54, 1.807) is 0 Å². The highest BCUT2D eigenvalue weighted by Crippen LogP contribution is 2.29. The van der Waals surface area contributed by atoms with Crippen molar-refractivity contribution in [2.45, 2.75) is 11.1 Å². The van der Waals surface area contributed by atoms with E-state index in [1.165, 1.54) is 6.07 Å². The summed E-state index contributed by atoms with van der Waals surface area (Å²) in [6.45, 7) is 0. The molecule has 1 aromatic heterocycles. The van der Waals surface area contributed by atoms with E-state index in [-0.39, 0.29) is 16.3 Å². The highest BCUT2D eigenvalue weighted by Gasteiger charge is 2.33. The Bertz CT molecular complexity index is 752. The van der Waals surface area contributed by atoms with Gasteiger partial charge in [-0.2, -0.15) is 18.3 Å². The Morgan fingerprint density at radius 3 is 2.30 bits per heavy atom. The molecular formula is C10H9F3N4O2S. The summed E-state index contributed by atoms with van der Waals surface area (Å²) in [5, 5.41) is 8.26. The Morgan fingerprint density at radius 1 is 1.20 bits per heavy atom. The number of hydrogen-bond donors (Lipinski definition) is 2. The molecule has 1 aromatic carbocycles. The predicted octanol–water partition coefficient (Wildman–Crippen LogP) is 1.12. The van der Waals surface area contributed by atoms with E-state index in [1.807, 2.05) is 0 Å². The maximum absolute atomic E-state index is 12.4. The lowest BCUT2D eigenvalue weighted by molar-refractivity contribution is -0.141. The summed E-state index contributed by atoms with van der Waals surface area (Å²) >= 11 is 0. The summed E-state index contributed by atoms with van der Waals surface area (Å²) in [5.41, 5.74) is 4.59. The molecule has 0 fully saturated rings. The molecule has 0 saturated heterocycles. The number of anilines is 1. The van der Waals surface area contributed by atoms with E-state index in [4.69, 9.17) is 10.9 Å². The molecule has 2 aromatic rings. The number of primary sulfonamides is 1. The molecule has 0 radical (unpaired) electrons. The average molecular weight is 306 g/mol. The van der Waals surface area contributed by atoms with Gasteiger partial charge in [-0.3, -0.25) is 0 Å². The Hall–Kier alpha value is -2.07. The molecule has 2 rings (SSSR count). The van der Waals surface area contributed by atoms with Crippen LogP contribution >= 0.6 is 0 Å². The Kier molecular flexibility index (Phi) is 3.22. The zero-order chi connectivity index (χ0) is 15.1. The van der Waals surface area contributed by atoms with Gasteiger partial charge < -0.3 is 5.73 Å². The van der Waals surface area contributed by atoms with Gasteiger partial charge in [-0.1, -0.05) is 0 Å². The number of benzene rings is 1. The fraction of sp³-hybridized carbons (Fsp3) is 0.100. The van der Waals surface area contributed by atoms with Gasteiger partial charge in [0.25, 0.3) is 0 Å². The van der Waals surface area contributed by atoms with Crippen LogP contribution in [0.4, 0.5) is 18.9 Å². The SMILES string of the molecule is Nc1cc(S(N)(=O)=O)ccc1-n1ccc(C(F)(F)F)n1. The summed E-state index contributed by atoms with van der Waals surface area (Å²) in [5.74, 6) is 0. The highest BCUT2D eigenvalue weighted by molar-refractivity contribution is 7.89. The number of sulfonamides is 1. The molecule has 0 saturated carbocycles. The smallest absolute Gasteiger partial charge is 0.397 e. The van der Waals surface area contributed by atoms with E-state index >= 15 is 0 Å². The zero-order valence-electron chi connectivity index (χ0n) is 9.79. The third kappa shape index (κ3) is 2.75. The van der Waals surface area contributed by atoms with Crippen molar-refractivity contribution >= 4 is 15.7 Å². The van der Waals surface area contributed by atoms with E-state index in [2.05, 4.69) is 5.10 Å². The molecule has 6 nitrogen and oxygen atoms in total. The van der Waals surface area contributed by atoms with Crippen molar-refractivity contribution in [3.63, 3.8) is 0 Å². The Morgan fingerprint density at radius 2 is 1.85 bits per heavy atom. The second kappa shape index (κ2) is 4.49. The van der Waals surface area contributed by atoms with Crippen molar-refractivity contribution in [3.8, 4) is 5.69 Å². The number of alkyl halides is 3. The number of nitrogens with zero attached hydrogens (tertiary/aromatic N) is 2. The number of aromatic nitrogens is 2. The minimum atomic E-state index is -4.57. The van der Waals surface area contributed by atoms with E-state index in [0.717, 1.165) is 29.1 Å². The van der Waals surface area contributed by atoms with E-state index in [9.17, 15) is 21.6 Å². The summed E-state index contributed by atoms with van der Waals surface area (Å²) in [6.07, 6.45) is -3.49. The van der Waals surface area contributed by atoms with Crippen LogP contribution < -0.4 is 10.9 Å². The minimum absolute atomic E-state index is 0.0617. The molecule has 20 heavy (non-hydrogen) atoms. The van der Waals surface area contributed by atoms with Crippen LogP contribution in [0, 0.1) is 0 Å². The fourth-order valence-electron chi connectivity index (χ4n) is 1.53. The predicted molar refractivity (Wildman–Crippen MR) is 64.4 cm³/mol. The van der Waals surface area contributed by atoms with Gasteiger partial charge in [0.15, 0.2) is 5.69 Å². The highest BCUT2D eigenvalue weighted by atomic mass is 32.2.